The molecule has 1 aliphatic rings. The Kier molecular flexibility index (Phi) is 6.46. The summed E-state index contributed by atoms with van der Waals surface area (Å²) in [5.41, 5.74) is 5.51. The van der Waals surface area contributed by atoms with E-state index in [1.54, 1.807) is 18.2 Å². The van der Waals surface area contributed by atoms with Crippen LogP contribution in [0.25, 0.3) is 6.08 Å². The number of aryl methyl sites for hydroxylation is 1. The summed E-state index contributed by atoms with van der Waals surface area (Å²) in [6.45, 7) is 4.05. The van der Waals surface area contributed by atoms with Crippen molar-refractivity contribution in [2.75, 3.05) is 7.11 Å². The van der Waals surface area contributed by atoms with Gasteiger partial charge in [-0.1, -0.05) is 17.7 Å². The number of fused-ring (bicyclic) bond motifs is 1. The van der Waals surface area contributed by atoms with Gasteiger partial charge in [0.05, 0.1) is 12.0 Å². The first kappa shape index (κ1) is 21.6. The molecule has 0 aliphatic heterocycles. The van der Waals surface area contributed by atoms with Crippen molar-refractivity contribution in [3.05, 3.63) is 69.2 Å². The summed E-state index contributed by atoms with van der Waals surface area (Å²) in [7, 11) is -2.27. The quantitative estimate of drug-likeness (QED) is 0.571. The number of esters is 1. The Bertz CT molecular complexity index is 1060. The molecule has 29 heavy (non-hydrogen) atoms. The number of benzene rings is 2. The van der Waals surface area contributed by atoms with Gasteiger partial charge < -0.3 is 4.74 Å². The van der Waals surface area contributed by atoms with Crippen molar-refractivity contribution in [3.63, 3.8) is 0 Å². The second-order valence-electron chi connectivity index (χ2n) is 7.24. The minimum Gasteiger partial charge on any atom is -0.466 e. The van der Waals surface area contributed by atoms with E-state index in [-0.39, 0.29) is 10.9 Å². The molecule has 0 heterocycles. The second-order valence-corrected chi connectivity index (χ2v) is 9.39. The van der Waals surface area contributed by atoms with Crippen molar-refractivity contribution in [1.82, 2.24) is 4.72 Å². The maximum atomic E-state index is 12.7. The number of halogens is 1. The van der Waals surface area contributed by atoms with Crippen molar-refractivity contribution < 1.29 is 17.9 Å². The summed E-state index contributed by atoms with van der Waals surface area (Å²) in [5, 5.41) is 0.494. The highest BCUT2D eigenvalue weighted by Crippen LogP contribution is 2.31. The molecule has 1 aliphatic carbocycles. The van der Waals surface area contributed by atoms with E-state index in [4.69, 9.17) is 16.3 Å². The Balaban J connectivity index is 1.85. The van der Waals surface area contributed by atoms with Gasteiger partial charge in [0.15, 0.2) is 0 Å². The molecule has 0 spiro atoms. The van der Waals surface area contributed by atoms with Crippen LogP contribution in [0, 0.1) is 13.8 Å². The highest BCUT2D eigenvalue weighted by Gasteiger charge is 2.26. The van der Waals surface area contributed by atoms with E-state index >= 15 is 0 Å². The van der Waals surface area contributed by atoms with E-state index < -0.39 is 16.0 Å². The van der Waals surface area contributed by atoms with Crippen LogP contribution in [0.15, 0.2) is 41.3 Å². The summed E-state index contributed by atoms with van der Waals surface area (Å²) < 4.78 is 32.9. The standard InChI is InChI=1S/C22H24ClNO4S/c1-14-12-16-13-18(24-29(26,27)19-7-4-17(23)5-8-19)6-9-21(16)20(15(14)2)10-11-22(25)28-3/h4-5,7-8,10-12,18,24H,6,9,13H2,1-3H3/b11-10+. The normalized spacial score (nSPS) is 16.6. The maximum Gasteiger partial charge on any atom is 0.330 e. The first-order valence-electron chi connectivity index (χ1n) is 9.37. The number of carbonyl (C=O) groups is 1. The Morgan fingerprint density at radius 2 is 1.93 bits per heavy atom. The number of ether oxygens (including phenoxy) is 1. The number of sulfonamides is 1. The van der Waals surface area contributed by atoms with Crippen LogP contribution in [0.5, 0.6) is 0 Å². The molecule has 0 radical (unpaired) electrons. The minimum absolute atomic E-state index is 0.192. The van der Waals surface area contributed by atoms with E-state index in [1.165, 1.54) is 25.3 Å². The van der Waals surface area contributed by atoms with Crippen LogP contribution >= 0.6 is 11.6 Å². The lowest BCUT2D eigenvalue weighted by Gasteiger charge is -2.28. The first-order valence-corrected chi connectivity index (χ1v) is 11.2. The molecule has 3 rings (SSSR count). The lowest BCUT2D eigenvalue weighted by atomic mass is 9.82. The van der Waals surface area contributed by atoms with E-state index in [0.29, 0.717) is 17.9 Å². The molecule has 1 N–H and O–H groups in total. The molecule has 2 aromatic carbocycles. The van der Waals surface area contributed by atoms with Crippen molar-refractivity contribution in [2.24, 2.45) is 0 Å². The molecule has 0 saturated heterocycles. The Labute approximate surface area is 176 Å². The fourth-order valence-electron chi connectivity index (χ4n) is 3.68. The maximum absolute atomic E-state index is 12.7. The van der Waals surface area contributed by atoms with Crippen LogP contribution in [0.1, 0.15) is 34.2 Å². The summed E-state index contributed by atoms with van der Waals surface area (Å²) in [5.74, 6) is -0.399. The molecule has 1 atom stereocenters. The third kappa shape index (κ3) is 4.89. The Morgan fingerprint density at radius 1 is 1.24 bits per heavy atom. The first-order chi connectivity index (χ1) is 13.7. The fraction of sp³-hybridized carbons (Fsp3) is 0.318. The average Bonchev–Trinajstić information content (AvgIpc) is 2.68. The third-order valence-electron chi connectivity index (χ3n) is 5.34. The molecule has 154 valence electrons. The van der Waals surface area contributed by atoms with Crippen molar-refractivity contribution in [1.29, 1.82) is 0 Å². The zero-order valence-corrected chi connectivity index (χ0v) is 18.2. The average molecular weight is 434 g/mol. The molecule has 0 amide bonds. The van der Waals surface area contributed by atoms with Crippen molar-refractivity contribution in [2.45, 2.75) is 44.0 Å². The largest absolute Gasteiger partial charge is 0.466 e. The van der Waals surface area contributed by atoms with Crippen LogP contribution in [0.2, 0.25) is 5.02 Å². The van der Waals surface area contributed by atoms with Gasteiger partial charge in [0, 0.05) is 17.1 Å². The summed E-state index contributed by atoms with van der Waals surface area (Å²) >= 11 is 5.86. The van der Waals surface area contributed by atoms with Crippen molar-refractivity contribution >= 4 is 33.7 Å². The van der Waals surface area contributed by atoms with Crippen LogP contribution in [-0.2, 0) is 32.4 Å². The zero-order chi connectivity index (χ0) is 21.2. The molecule has 2 aromatic rings. The van der Waals surface area contributed by atoms with Crippen LogP contribution in [0.4, 0.5) is 0 Å². The van der Waals surface area contributed by atoms with Gasteiger partial charge in [0.1, 0.15) is 0 Å². The van der Waals surface area contributed by atoms with Crippen LogP contribution < -0.4 is 4.72 Å². The Morgan fingerprint density at radius 3 is 2.59 bits per heavy atom. The summed E-state index contributed by atoms with van der Waals surface area (Å²) in [4.78, 5) is 11.7. The fourth-order valence-corrected chi connectivity index (χ4v) is 5.08. The lowest BCUT2D eigenvalue weighted by Crippen LogP contribution is -2.39. The van der Waals surface area contributed by atoms with E-state index in [0.717, 1.165) is 34.2 Å². The van der Waals surface area contributed by atoms with Crippen LogP contribution in [-0.4, -0.2) is 27.5 Å². The minimum atomic E-state index is -3.62. The van der Waals surface area contributed by atoms with E-state index in [1.807, 2.05) is 13.8 Å². The van der Waals surface area contributed by atoms with Gasteiger partial charge in [-0.15, -0.1) is 0 Å². The molecule has 1 unspecified atom stereocenters. The van der Waals surface area contributed by atoms with Crippen molar-refractivity contribution in [3.8, 4) is 0 Å². The monoisotopic (exact) mass is 433 g/mol. The Hall–Kier alpha value is -2.15. The molecule has 0 fully saturated rings. The van der Waals surface area contributed by atoms with Gasteiger partial charge in [0.25, 0.3) is 0 Å². The lowest BCUT2D eigenvalue weighted by molar-refractivity contribution is -0.134. The van der Waals surface area contributed by atoms with E-state index in [2.05, 4.69) is 10.8 Å². The molecule has 0 bridgehead atoms. The van der Waals surface area contributed by atoms with Gasteiger partial charge in [-0.25, -0.2) is 17.9 Å². The molecule has 0 saturated carbocycles. The number of rotatable bonds is 5. The second kappa shape index (κ2) is 8.69. The van der Waals surface area contributed by atoms with Gasteiger partial charge in [-0.05, 0) is 91.3 Å². The predicted octanol–water partition coefficient (Wildman–Crippen LogP) is 3.98. The van der Waals surface area contributed by atoms with Gasteiger partial charge in [-0.2, -0.15) is 0 Å². The highest BCUT2D eigenvalue weighted by atomic mass is 35.5. The molecular weight excluding hydrogens is 410 g/mol. The summed E-state index contributed by atoms with van der Waals surface area (Å²) in [6, 6.07) is 8.07. The number of hydrogen-bond donors (Lipinski definition) is 1. The smallest absolute Gasteiger partial charge is 0.330 e. The topological polar surface area (TPSA) is 72.5 Å². The van der Waals surface area contributed by atoms with E-state index in [9.17, 15) is 13.2 Å². The predicted molar refractivity (Wildman–Crippen MR) is 115 cm³/mol. The molecule has 5 nitrogen and oxygen atoms in total. The van der Waals surface area contributed by atoms with Gasteiger partial charge in [-0.3, -0.25) is 0 Å². The molecule has 7 heteroatoms. The summed E-state index contributed by atoms with van der Waals surface area (Å²) in [6.07, 6.45) is 5.23. The number of nitrogens with one attached hydrogen (secondary N) is 1. The van der Waals surface area contributed by atoms with Gasteiger partial charge in [0.2, 0.25) is 10.0 Å². The number of carbonyl (C=O) groups excluding carboxylic acids is 1. The highest BCUT2D eigenvalue weighted by molar-refractivity contribution is 7.89. The van der Waals surface area contributed by atoms with Crippen LogP contribution in [0.3, 0.4) is 0 Å². The van der Waals surface area contributed by atoms with Gasteiger partial charge >= 0.3 is 5.97 Å². The molecule has 0 aromatic heterocycles. The number of methoxy groups -OCH3 is 1. The zero-order valence-electron chi connectivity index (χ0n) is 16.7. The SMILES string of the molecule is COC(=O)/C=C/c1c(C)c(C)cc2c1CCC(NS(=O)(=O)c1ccc(Cl)cc1)C2. The molecular formula is C22H24ClNO4S. The third-order valence-corrected chi connectivity index (χ3v) is 7.13. The number of hydrogen-bond acceptors (Lipinski definition) is 4.